The van der Waals surface area contributed by atoms with E-state index in [4.69, 9.17) is 9.47 Å². The van der Waals surface area contributed by atoms with Crippen molar-refractivity contribution in [1.29, 1.82) is 0 Å². The highest BCUT2D eigenvalue weighted by atomic mass is 16.5. The molecule has 1 aliphatic heterocycles. The van der Waals surface area contributed by atoms with E-state index in [2.05, 4.69) is 16.0 Å². The van der Waals surface area contributed by atoms with Gasteiger partial charge >= 0.3 is 6.09 Å². The van der Waals surface area contributed by atoms with Crippen LogP contribution in [0, 0.1) is 0 Å². The molecule has 0 saturated carbocycles. The Morgan fingerprint density at radius 1 is 0.868 bits per heavy atom. The molecular weight excluding hydrogens is 482 g/mol. The first-order valence-corrected chi connectivity index (χ1v) is 12.2. The lowest BCUT2D eigenvalue weighted by Crippen LogP contribution is -2.73. The number of para-hydroxylation sites is 1. The monoisotopic (exact) mass is 509 g/mol. The fourth-order valence-corrected chi connectivity index (χ4v) is 4.25. The molecule has 0 unspecified atom stereocenters. The second-order valence-electron chi connectivity index (χ2n) is 9.18. The highest BCUT2D eigenvalue weighted by Gasteiger charge is 2.46. The second-order valence-corrected chi connectivity index (χ2v) is 9.18. The molecule has 0 aliphatic carbocycles. The summed E-state index contributed by atoms with van der Waals surface area (Å²) < 4.78 is 11.2. The SMILES string of the molecule is C[C@](NC(=O)OCc1ccccc1)(C(=O)N[C@@H]1C(=O)N[C@H]1Oc1ccccc1)c1ccc2ccccc2c1. The van der Waals surface area contributed by atoms with Crippen molar-refractivity contribution in [3.8, 4) is 5.75 Å². The number of nitrogens with one attached hydrogen (secondary N) is 3. The van der Waals surface area contributed by atoms with Gasteiger partial charge in [0.25, 0.3) is 11.8 Å². The van der Waals surface area contributed by atoms with Crippen molar-refractivity contribution in [3.63, 3.8) is 0 Å². The molecule has 3 atom stereocenters. The average molecular weight is 510 g/mol. The van der Waals surface area contributed by atoms with Gasteiger partial charge in [0, 0.05) is 0 Å². The van der Waals surface area contributed by atoms with Gasteiger partial charge in [-0.2, -0.15) is 0 Å². The first-order valence-electron chi connectivity index (χ1n) is 12.2. The molecule has 38 heavy (non-hydrogen) atoms. The highest BCUT2D eigenvalue weighted by molar-refractivity contribution is 5.98. The van der Waals surface area contributed by atoms with Crippen molar-refractivity contribution in [2.45, 2.75) is 31.3 Å². The Kier molecular flexibility index (Phi) is 6.95. The molecule has 0 bridgehead atoms. The van der Waals surface area contributed by atoms with Gasteiger partial charge in [-0.3, -0.25) is 9.59 Å². The number of hydrogen-bond donors (Lipinski definition) is 3. The molecule has 5 rings (SSSR count). The average Bonchev–Trinajstić information content (AvgIpc) is 2.95. The maximum Gasteiger partial charge on any atom is 0.408 e. The van der Waals surface area contributed by atoms with Gasteiger partial charge < -0.3 is 25.4 Å². The van der Waals surface area contributed by atoms with Crippen LogP contribution in [0.25, 0.3) is 10.8 Å². The molecule has 3 N–H and O–H groups in total. The summed E-state index contributed by atoms with van der Waals surface area (Å²) in [7, 11) is 0. The molecule has 4 aromatic carbocycles. The van der Waals surface area contributed by atoms with Crippen LogP contribution < -0.4 is 20.7 Å². The number of carbonyl (C=O) groups is 3. The standard InChI is InChI=1S/C30H27N3O5/c1-30(23-17-16-21-12-8-9-13-22(21)18-23,33-29(36)37-19-20-10-4-2-5-11-20)28(35)31-25-26(34)32-27(25)38-24-14-6-3-7-15-24/h2-18,25,27H,19H2,1H3,(H,31,35)(H,32,34)(H,33,36)/t25-,27+,30-/m1/s1. The summed E-state index contributed by atoms with van der Waals surface area (Å²) in [6, 6.07) is 30.5. The predicted octanol–water partition coefficient (Wildman–Crippen LogP) is 4.00. The fourth-order valence-electron chi connectivity index (χ4n) is 4.25. The normalized spacial score (nSPS) is 17.9. The summed E-state index contributed by atoms with van der Waals surface area (Å²) in [5.74, 6) is -0.408. The van der Waals surface area contributed by atoms with E-state index in [0.29, 0.717) is 11.3 Å². The Morgan fingerprint density at radius 2 is 1.53 bits per heavy atom. The van der Waals surface area contributed by atoms with Gasteiger partial charge in [-0.1, -0.05) is 84.9 Å². The van der Waals surface area contributed by atoms with E-state index < -0.39 is 29.8 Å². The van der Waals surface area contributed by atoms with E-state index in [0.717, 1.165) is 16.3 Å². The first kappa shape index (κ1) is 24.8. The van der Waals surface area contributed by atoms with E-state index in [1.54, 1.807) is 25.1 Å². The molecule has 8 heteroatoms. The number of alkyl carbamates (subject to hydrolysis) is 1. The second kappa shape index (κ2) is 10.6. The minimum Gasteiger partial charge on any atom is -0.468 e. The Balaban J connectivity index is 1.37. The molecule has 8 nitrogen and oxygen atoms in total. The van der Waals surface area contributed by atoms with Crippen molar-refractivity contribution >= 4 is 28.7 Å². The molecule has 4 aromatic rings. The molecule has 1 saturated heterocycles. The molecular formula is C30H27N3O5. The van der Waals surface area contributed by atoms with Crippen LogP contribution in [0.4, 0.5) is 4.79 Å². The summed E-state index contributed by atoms with van der Waals surface area (Å²) in [6.07, 6.45) is -1.52. The molecule has 0 spiro atoms. The number of hydrogen-bond acceptors (Lipinski definition) is 5. The topological polar surface area (TPSA) is 106 Å². The quantitative estimate of drug-likeness (QED) is 0.312. The number of rotatable bonds is 8. The maximum atomic E-state index is 13.7. The van der Waals surface area contributed by atoms with Gasteiger partial charge in [-0.15, -0.1) is 0 Å². The van der Waals surface area contributed by atoms with E-state index in [9.17, 15) is 14.4 Å². The van der Waals surface area contributed by atoms with Gasteiger partial charge in [-0.05, 0) is 47.0 Å². The maximum absolute atomic E-state index is 13.7. The lowest BCUT2D eigenvalue weighted by atomic mass is 9.88. The number of ether oxygens (including phenoxy) is 2. The third-order valence-corrected chi connectivity index (χ3v) is 6.51. The van der Waals surface area contributed by atoms with Crippen molar-refractivity contribution in [2.24, 2.45) is 0 Å². The number of benzene rings is 4. The predicted molar refractivity (Wildman–Crippen MR) is 142 cm³/mol. The molecule has 1 fully saturated rings. The Morgan fingerprint density at radius 3 is 2.24 bits per heavy atom. The van der Waals surface area contributed by atoms with Crippen LogP contribution in [0.3, 0.4) is 0 Å². The summed E-state index contributed by atoms with van der Waals surface area (Å²) in [5.41, 5.74) is -0.206. The van der Waals surface area contributed by atoms with Crippen LogP contribution in [0.5, 0.6) is 5.75 Å². The smallest absolute Gasteiger partial charge is 0.408 e. The summed E-state index contributed by atoms with van der Waals surface area (Å²) in [6.45, 7) is 1.62. The fraction of sp³-hybridized carbons (Fsp3) is 0.167. The van der Waals surface area contributed by atoms with E-state index in [1.807, 2.05) is 84.9 Å². The molecule has 192 valence electrons. The van der Waals surface area contributed by atoms with Crippen LogP contribution in [0.1, 0.15) is 18.1 Å². The molecule has 0 aromatic heterocycles. The van der Waals surface area contributed by atoms with E-state index >= 15 is 0 Å². The number of fused-ring (bicyclic) bond motifs is 1. The summed E-state index contributed by atoms with van der Waals surface area (Å²) >= 11 is 0. The highest BCUT2D eigenvalue weighted by Crippen LogP contribution is 2.27. The number of amides is 3. The minimum absolute atomic E-state index is 0.0418. The van der Waals surface area contributed by atoms with E-state index in [1.165, 1.54) is 0 Å². The van der Waals surface area contributed by atoms with Gasteiger partial charge in [0.15, 0.2) is 6.04 Å². The Hall–Kier alpha value is -4.85. The van der Waals surface area contributed by atoms with Gasteiger partial charge in [0.2, 0.25) is 6.23 Å². The molecule has 1 aliphatic rings. The summed E-state index contributed by atoms with van der Waals surface area (Å²) in [5, 5.41) is 10.0. The number of carbonyl (C=O) groups excluding carboxylic acids is 3. The molecule has 0 radical (unpaired) electrons. The van der Waals surface area contributed by atoms with Gasteiger partial charge in [0.05, 0.1) is 0 Å². The zero-order valence-corrected chi connectivity index (χ0v) is 20.7. The zero-order chi connectivity index (χ0) is 26.5. The van der Waals surface area contributed by atoms with Crippen LogP contribution in [-0.4, -0.2) is 30.2 Å². The van der Waals surface area contributed by atoms with Crippen LogP contribution in [0.15, 0.2) is 103 Å². The van der Waals surface area contributed by atoms with Crippen molar-refractivity contribution < 1.29 is 23.9 Å². The first-order chi connectivity index (χ1) is 18.4. The Bertz CT molecular complexity index is 1460. The lowest BCUT2D eigenvalue weighted by Gasteiger charge is -2.39. The van der Waals surface area contributed by atoms with Crippen LogP contribution in [-0.2, 0) is 26.5 Å². The summed E-state index contributed by atoms with van der Waals surface area (Å²) in [4.78, 5) is 39.0. The van der Waals surface area contributed by atoms with Crippen molar-refractivity contribution in [1.82, 2.24) is 16.0 Å². The number of β-lactam (4-membered cyclic amide) rings is 1. The molecule has 1 heterocycles. The van der Waals surface area contributed by atoms with Crippen LogP contribution in [0.2, 0.25) is 0 Å². The zero-order valence-electron chi connectivity index (χ0n) is 20.7. The third-order valence-electron chi connectivity index (χ3n) is 6.51. The largest absolute Gasteiger partial charge is 0.468 e. The lowest BCUT2D eigenvalue weighted by molar-refractivity contribution is -0.145. The Labute approximate surface area is 220 Å². The van der Waals surface area contributed by atoms with E-state index in [-0.39, 0.29) is 12.5 Å². The van der Waals surface area contributed by atoms with Crippen molar-refractivity contribution in [3.05, 3.63) is 114 Å². The molecule has 3 amide bonds. The van der Waals surface area contributed by atoms with Crippen LogP contribution >= 0.6 is 0 Å². The minimum atomic E-state index is -1.55. The van der Waals surface area contributed by atoms with Gasteiger partial charge in [-0.25, -0.2) is 4.79 Å². The third kappa shape index (κ3) is 5.29. The van der Waals surface area contributed by atoms with Crippen molar-refractivity contribution in [2.75, 3.05) is 0 Å². The van der Waals surface area contributed by atoms with Gasteiger partial charge in [0.1, 0.15) is 17.9 Å².